The third kappa shape index (κ3) is 2.92. The molecule has 0 unspecified atom stereocenters. The Morgan fingerprint density at radius 1 is 1.14 bits per heavy atom. The number of hydrogen-bond acceptors (Lipinski definition) is 4. The summed E-state index contributed by atoms with van der Waals surface area (Å²) in [5.41, 5.74) is 2.29. The van der Waals surface area contributed by atoms with E-state index in [9.17, 15) is 4.79 Å². The fourth-order valence-electron chi connectivity index (χ4n) is 2.12. The highest BCUT2D eigenvalue weighted by Gasteiger charge is 2.15. The van der Waals surface area contributed by atoms with Gasteiger partial charge in [-0.3, -0.25) is 4.79 Å². The third-order valence-electron chi connectivity index (χ3n) is 3.16. The van der Waals surface area contributed by atoms with Gasteiger partial charge in [0.05, 0.1) is 16.8 Å². The summed E-state index contributed by atoms with van der Waals surface area (Å²) in [7, 11) is 1.78. The molecule has 0 fully saturated rings. The minimum Gasteiger partial charge on any atom is -0.334 e. The van der Waals surface area contributed by atoms with E-state index in [2.05, 4.69) is 9.97 Å². The van der Waals surface area contributed by atoms with E-state index in [4.69, 9.17) is 0 Å². The highest BCUT2D eigenvalue weighted by atomic mass is 32.1. The first-order chi connectivity index (χ1) is 10.1. The molecule has 0 bridgehead atoms. The number of rotatable bonds is 3. The Hall–Kier alpha value is -2.27. The summed E-state index contributed by atoms with van der Waals surface area (Å²) < 4.78 is 1.14. The molecule has 0 spiro atoms. The van der Waals surface area contributed by atoms with Gasteiger partial charge in [-0.2, -0.15) is 0 Å². The lowest BCUT2D eigenvalue weighted by Crippen LogP contribution is -2.27. The normalized spacial score (nSPS) is 10.8. The molecule has 0 aliphatic carbocycles. The average Bonchev–Trinajstić information content (AvgIpc) is 2.88. The molecule has 4 nitrogen and oxygen atoms in total. The monoisotopic (exact) mass is 297 g/mol. The summed E-state index contributed by atoms with van der Waals surface area (Å²) in [4.78, 5) is 22.8. The van der Waals surface area contributed by atoms with Gasteiger partial charge in [0.2, 0.25) is 0 Å². The number of para-hydroxylation sites is 1. The number of aromatic nitrogens is 2. The fourth-order valence-corrected chi connectivity index (χ4v) is 3.14. The Labute approximate surface area is 127 Å². The van der Waals surface area contributed by atoms with Crippen LogP contribution in [0.4, 0.5) is 0 Å². The standard InChI is InChI=1S/C16H15N3OS/c1-11-6-5-8-13(17-11)16(20)19(2)10-15-18-12-7-3-4-9-14(12)21-15/h3-9H,10H2,1-2H3. The Kier molecular flexibility index (Phi) is 3.66. The van der Waals surface area contributed by atoms with E-state index in [1.807, 2.05) is 43.3 Å². The van der Waals surface area contributed by atoms with Crippen LogP contribution in [0.5, 0.6) is 0 Å². The first kappa shape index (κ1) is 13.7. The number of fused-ring (bicyclic) bond motifs is 1. The Morgan fingerprint density at radius 3 is 2.71 bits per heavy atom. The van der Waals surface area contributed by atoms with E-state index >= 15 is 0 Å². The van der Waals surface area contributed by atoms with Crippen molar-refractivity contribution >= 4 is 27.5 Å². The highest BCUT2D eigenvalue weighted by molar-refractivity contribution is 7.18. The van der Waals surface area contributed by atoms with E-state index in [0.29, 0.717) is 12.2 Å². The van der Waals surface area contributed by atoms with E-state index in [1.165, 1.54) is 0 Å². The quantitative estimate of drug-likeness (QED) is 0.745. The lowest BCUT2D eigenvalue weighted by Gasteiger charge is -2.15. The van der Waals surface area contributed by atoms with E-state index in [0.717, 1.165) is 20.9 Å². The zero-order valence-corrected chi connectivity index (χ0v) is 12.7. The van der Waals surface area contributed by atoms with Gasteiger partial charge in [-0.25, -0.2) is 9.97 Å². The second-order valence-corrected chi connectivity index (χ2v) is 6.02. The molecule has 0 aliphatic heterocycles. The lowest BCUT2D eigenvalue weighted by atomic mass is 10.3. The van der Waals surface area contributed by atoms with Gasteiger partial charge in [-0.15, -0.1) is 11.3 Å². The average molecular weight is 297 g/mol. The van der Waals surface area contributed by atoms with E-state index in [1.54, 1.807) is 29.4 Å². The van der Waals surface area contributed by atoms with Crippen molar-refractivity contribution in [1.82, 2.24) is 14.9 Å². The number of pyridine rings is 1. The van der Waals surface area contributed by atoms with Gasteiger partial charge in [0.1, 0.15) is 10.7 Å². The molecule has 21 heavy (non-hydrogen) atoms. The second kappa shape index (κ2) is 5.61. The number of carbonyl (C=O) groups excluding carboxylic acids is 1. The van der Waals surface area contributed by atoms with Crippen molar-refractivity contribution in [1.29, 1.82) is 0 Å². The zero-order valence-electron chi connectivity index (χ0n) is 11.9. The molecule has 0 saturated heterocycles. The molecule has 3 rings (SSSR count). The van der Waals surface area contributed by atoms with Crippen LogP contribution in [-0.2, 0) is 6.54 Å². The predicted molar refractivity (Wildman–Crippen MR) is 84.4 cm³/mol. The molecule has 0 atom stereocenters. The highest BCUT2D eigenvalue weighted by Crippen LogP contribution is 2.22. The van der Waals surface area contributed by atoms with Crippen molar-refractivity contribution in [2.24, 2.45) is 0 Å². The molecule has 0 saturated carbocycles. The Morgan fingerprint density at radius 2 is 1.95 bits per heavy atom. The van der Waals surface area contributed by atoms with Crippen LogP contribution in [0.2, 0.25) is 0 Å². The number of nitrogens with zero attached hydrogens (tertiary/aromatic N) is 3. The molecule has 5 heteroatoms. The Balaban J connectivity index is 1.79. The lowest BCUT2D eigenvalue weighted by molar-refractivity contribution is 0.0779. The van der Waals surface area contributed by atoms with Gasteiger partial charge in [-0.1, -0.05) is 18.2 Å². The molecule has 2 aromatic heterocycles. The molecule has 106 valence electrons. The number of thiazole rings is 1. The molecule has 1 amide bonds. The molecule has 0 radical (unpaired) electrons. The predicted octanol–water partition coefficient (Wildman–Crippen LogP) is 3.27. The first-order valence-electron chi connectivity index (χ1n) is 6.67. The Bertz CT molecular complexity index is 764. The summed E-state index contributed by atoms with van der Waals surface area (Å²) in [5.74, 6) is -0.0852. The SMILES string of the molecule is Cc1cccc(C(=O)N(C)Cc2nc3ccccc3s2)n1. The molecular weight excluding hydrogens is 282 g/mol. The van der Waals surface area contributed by atoms with Crippen LogP contribution in [0.25, 0.3) is 10.2 Å². The molecule has 2 heterocycles. The summed E-state index contributed by atoms with van der Waals surface area (Å²) in [6.07, 6.45) is 0. The molecule has 0 N–H and O–H groups in total. The van der Waals surface area contributed by atoms with Crippen molar-refractivity contribution < 1.29 is 4.79 Å². The molecule has 3 aromatic rings. The van der Waals surface area contributed by atoms with Crippen molar-refractivity contribution in [3.05, 3.63) is 58.9 Å². The van der Waals surface area contributed by atoms with Gasteiger partial charge in [0, 0.05) is 12.7 Å². The van der Waals surface area contributed by atoms with Gasteiger partial charge >= 0.3 is 0 Å². The van der Waals surface area contributed by atoms with Gasteiger partial charge in [0.25, 0.3) is 5.91 Å². The maximum atomic E-state index is 12.4. The summed E-state index contributed by atoms with van der Waals surface area (Å²) in [5, 5.41) is 0.930. The number of amides is 1. The maximum Gasteiger partial charge on any atom is 0.272 e. The van der Waals surface area contributed by atoms with Crippen LogP contribution in [0.1, 0.15) is 21.2 Å². The van der Waals surface area contributed by atoms with Crippen LogP contribution < -0.4 is 0 Å². The topological polar surface area (TPSA) is 46.1 Å². The first-order valence-corrected chi connectivity index (χ1v) is 7.49. The fraction of sp³-hybridized carbons (Fsp3) is 0.188. The summed E-state index contributed by atoms with van der Waals surface area (Å²) >= 11 is 1.62. The molecular formula is C16H15N3OS. The van der Waals surface area contributed by atoms with Gasteiger partial charge in [-0.05, 0) is 31.2 Å². The second-order valence-electron chi connectivity index (χ2n) is 4.90. The van der Waals surface area contributed by atoms with Crippen LogP contribution in [0.15, 0.2) is 42.5 Å². The van der Waals surface area contributed by atoms with E-state index in [-0.39, 0.29) is 5.91 Å². The van der Waals surface area contributed by atoms with Crippen LogP contribution in [0, 0.1) is 6.92 Å². The summed E-state index contributed by atoms with van der Waals surface area (Å²) in [6.45, 7) is 2.37. The smallest absolute Gasteiger partial charge is 0.272 e. The van der Waals surface area contributed by atoms with Crippen molar-refractivity contribution in [3.63, 3.8) is 0 Å². The van der Waals surface area contributed by atoms with E-state index < -0.39 is 0 Å². The number of aryl methyl sites for hydroxylation is 1. The van der Waals surface area contributed by atoms with Crippen LogP contribution >= 0.6 is 11.3 Å². The van der Waals surface area contributed by atoms with Crippen molar-refractivity contribution in [2.75, 3.05) is 7.05 Å². The summed E-state index contributed by atoms with van der Waals surface area (Å²) in [6, 6.07) is 13.5. The van der Waals surface area contributed by atoms with Gasteiger partial charge in [0.15, 0.2) is 0 Å². The molecule has 0 aliphatic rings. The third-order valence-corrected chi connectivity index (χ3v) is 4.19. The number of benzene rings is 1. The van der Waals surface area contributed by atoms with Gasteiger partial charge < -0.3 is 4.90 Å². The maximum absolute atomic E-state index is 12.4. The minimum atomic E-state index is -0.0852. The number of hydrogen-bond donors (Lipinski definition) is 0. The number of carbonyl (C=O) groups is 1. The molecule has 1 aromatic carbocycles. The minimum absolute atomic E-state index is 0.0852. The van der Waals surface area contributed by atoms with Crippen LogP contribution in [0.3, 0.4) is 0 Å². The van der Waals surface area contributed by atoms with Crippen molar-refractivity contribution in [2.45, 2.75) is 13.5 Å². The largest absolute Gasteiger partial charge is 0.334 e. The van der Waals surface area contributed by atoms with Crippen molar-refractivity contribution in [3.8, 4) is 0 Å². The van der Waals surface area contributed by atoms with Crippen LogP contribution in [-0.4, -0.2) is 27.8 Å². The zero-order chi connectivity index (χ0) is 14.8.